The molecule has 0 nitrogen and oxygen atoms in total. The van der Waals surface area contributed by atoms with Crippen molar-refractivity contribution < 1.29 is 27.4 Å². The SMILES string of the molecule is CC(C)Pc1ccccc1.[Cl-].[Ni+][PH]c1ccccc1. The molecule has 2 unspecified atom stereocenters. The van der Waals surface area contributed by atoms with Gasteiger partial charge in [0.1, 0.15) is 0 Å². The third-order valence-electron chi connectivity index (χ3n) is 2.09. The molecule has 0 saturated carbocycles. The van der Waals surface area contributed by atoms with Crippen LogP contribution >= 0.6 is 15.9 Å². The monoisotopic (exact) mass is 354 g/mol. The molecule has 2 aromatic carbocycles. The maximum absolute atomic E-state index is 4.58. The molecule has 106 valence electrons. The molecule has 2 aromatic rings. The molecule has 0 N–H and O–H groups in total. The summed E-state index contributed by atoms with van der Waals surface area (Å²) >= 11 is 4.58. The second-order valence-electron chi connectivity index (χ2n) is 4.11. The van der Waals surface area contributed by atoms with E-state index in [4.69, 9.17) is 0 Å². The normalized spacial score (nSPS) is 10.6. The molecule has 2 atom stereocenters. The van der Waals surface area contributed by atoms with Gasteiger partial charge in [-0.1, -0.05) is 52.8 Å². The van der Waals surface area contributed by atoms with E-state index in [2.05, 4.69) is 71.3 Å². The Morgan fingerprint density at radius 3 is 1.53 bits per heavy atom. The zero-order chi connectivity index (χ0) is 13.2. The molecule has 19 heavy (non-hydrogen) atoms. The minimum atomic E-state index is 0. The van der Waals surface area contributed by atoms with E-state index in [0.29, 0.717) is 7.35 Å². The Kier molecular flexibility index (Phi) is 11.9. The van der Waals surface area contributed by atoms with Gasteiger partial charge in [0.15, 0.2) is 0 Å². The van der Waals surface area contributed by atoms with Gasteiger partial charge in [-0.05, 0) is 11.0 Å². The minimum absolute atomic E-state index is 0. The van der Waals surface area contributed by atoms with Crippen LogP contribution in [0.25, 0.3) is 0 Å². The first-order valence-corrected chi connectivity index (χ1v) is 9.30. The first-order chi connectivity index (χ1) is 8.72. The van der Waals surface area contributed by atoms with Crippen molar-refractivity contribution in [3.63, 3.8) is 0 Å². The van der Waals surface area contributed by atoms with Crippen LogP contribution in [-0.2, 0) is 15.0 Å². The topological polar surface area (TPSA) is 0 Å². The Bertz CT molecular complexity index is 421. The van der Waals surface area contributed by atoms with Crippen molar-refractivity contribution in [1.82, 2.24) is 0 Å². The van der Waals surface area contributed by atoms with E-state index in [0.717, 1.165) is 14.2 Å². The molecule has 0 bridgehead atoms. The summed E-state index contributed by atoms with van der Waals surface area (Å²) < 4.78 is 0. The van der Waals surface area contributed by atoms with Crippen molar-refractivity contribution in [2.45, 2.75) is 19.5 Å². The zero-order valence-corrected chi connectivity index (χ0v) is 14.8. The summed E-state index contributed by atoms with van der Waals surface area (Å²) in [4.78, 5) is 0. The molecule has 0 saturated heterocycles. The Labute approximate surface area is 134 Å². The van der Waals surface area contributed by atoms with Crippen LogP contribution in [0, 0.1) is 0 Å². The van der Waals surface area contributed by atoms with Gasteiger partial charge in [0.05, 0.1) is 0 Å². The van der Waals surface area contributed by atoms with Gasteiger partial charge < -0.3 is 12.4 Å². The molecule has 0 heterocycles. The Morgan fingerprint density at radius 2 is 1.21 bits per heavy atom. The molecular formula is C15H19ClNiP2. The molecule has 0 amide bonds. The standard InChI is InChI=1S/C9H13P.C6H6P.ClH.Ni/c1-8(2)10-9-6-4-3-5-7-9;7-6-4-2-1-3-5-6;;/h3-8,10H,1-2H3;1-5,7H;1H;/q;-1;;+2/p-1. The van der Waals surface area contributed by atoms with Crippen LogP contribution in [0.5, 0.6) is 0 Å². The fraction of sp³-hybridized carbons (Fsp3) is 0.200. The molecular weight excluding hydrogens is 336 g/mol. The predicted molar refractivity (Wildman–Crippen MR) is 83.9 cm³/mol. The van der Waals surface area contributed by atoms with Crippen molar-refractivity contribution >= 4 is 26.5 Å². The van der Waals surface area contributed by atoms with Crippen LogP contribution in [0.4, 0.5) is 0 Å². The van der Waals surface area contributed by atoms with E-state index in [1.165, 1.54) is 10.6 Å². The van der Waals surface area contributed by atoms with Crippen LogP contribution in [-0.4, -0.2) is 5.66 Å². The van der Waals surface area contributed by atoms with Crippen molar-refractivity contribution in [3.8, 4) is 0 Å². The van der Waals surface area contributed by atoms with Crippen LogP contribution in [0.2, 0.25) is 0 Å². The average molecular weight is 355 g/mol. The van der Waals surface area contributed by atoms with Gasteiger partial charge in [0.2, 0.25) is 0 Å². The summed E-state index contributed by atoms with van der Waals surface area (Å²) in [5.74, 6) is 0. The molecule has 0 fully saturated rings. The van der Waals surface area contributed by atoms with Crippen molar-refractivity contribution in [2.75, 3.05) is 0 Å². The third-order valence-corrected chi connectivity index (χ3v) is 4.71. The fourth-order valence-corrected chi connectivity index (χ4v) is 3.20. The second-order valence-corrected chi connectivity index (χ2v) is 7.61. The summed E-state index contributed by atoms with van der Waals surface area (Å²) in [6.07, 6.45) is 0. The Hall–Kier alpha value is 0.0835. The fourth-order valence-electron chi connectivity index (χ4n) is 1.36. The first-order valence-electron chi connectivity index (χ1n) is 5.92. The third kappa shape index (κ3) is 9.59. The van der Waals surface area contributed by atoms with Gasteiger partial charge in [-0.2, -0.15) is 0 Å². The van der Waals surface area contributed by atoms with E-state index < -0.39 is 0 Å². The number of benzene rings is 2. The van der Waals surface area contributed by atoms with Crippen LogP contribution in [0.15, 0.2) is 60.7 Å². The van der Waals surface area contributed by atoms with Gasteiger partial charge in [0.25, 0.3) is 0 Å². The van der Waals surface area contributed by atoms with Crippen LogP contribution < -0.4 is 23.0 Å². The summed E-state index contributed by atoms with van der Waals surface area (Å²) in [5.41, 5.74) is 0.794. The Balaban J connectivity index is 0.000000331. The van der Waals surface area contributed by atoms with Crippen LogP contribution in [0.1, 0.15) is 13.8 Å². The average Bonchev–Trinajstić information content (AvgIpc) is 2.41. The molecule has 0 spiro atoms. The number of rotatable bonds is 3. The van der Waals surface area contributed by atoms with Gasteiger partial charge in [-0.3, -0.25) is 0 Å². The molecule has 0 aliphatic carbocycles. The van der Waals surface area contributed by atoms with Crippen molar-refractivity contribution in [3.05, 3.63) is 60.7 Å². The summed E-state index contributed by atoms with van der Waals surface area (Å²) in [7, 11) is 1.52. The van der Waals surface area contributed by atoms with Gasteiger partial charge in [-0.25, -0.2) is 0 Å². The maximum atomic E-state index is 4.58. The molecule has 0 aliphatic rings. The first kappa shape index (κ1) is 19.1. The van der Waals surface area contributed by atoms with E-state index >= 15 is 0 Å². The molecule has 0 aromatic heterocycles. The number of hydrogen-bond acceptors (Lipinski definition) is 0. The second kappa shape index (κ2) is 11.9. The molecule has 0 radical (unpaired) electrons. The summed E-state index contributed by atoms with van der Waals surface area (Å²) in [6.45, 7) is 4.51. The zero-order valence-electron chi connectivity index (χ0n) is 11.0. The van der Waals surface area contributed by atoms with E-state index in [1.54, 1.807) is 0 Å². The number of halogens is 1. The van der Waals surface area contributed by atoms with Gasteiger partial charge in [-0.15, -0.1) is 0 Å². The van der Waals surface area contributed by atoms with Crippen LogP contribution in [0.3, 0.4) is 0 Å². The predicted octanol–water partition coefficient (Wildman–Crippen LogP) is 0.855. The molecule has 4 heteroatoms. The van der Waals surface area contributed by atoms with E-state index in [9.17, 15) is 0 Å². The summed E-state index contributed by atoms with van der Waals surface area (Å²) in [6, 6.07) is 20.8. The Morgan fingerprint density at radius 1 is 0.789 bits per heavy atom. The van der Waals surface area contributed by atoms with Crippen molar-refractivity contribution in [2.24, 2.45) is 0 Å². The van der Waals surface area contributed by atoms with E-state index in [-0.39, 0.29) is 12.4 Å². The van der Waals surface area contributed by atoms with Gasteiger partial charge >= 0.3 is 58.0 Å². The van der Waals surface area contributed by atoms with E-state index in [1.807, 2.05) is 18.2 Å². The quantitative estimate of drug-likeness (QED) is 0.566. The molecule has 2 rings (SSSR count). The van der Waals surface area contributed by atoms with Gasteiger partial charge in [0, 0.05) is 0 Å². The van der Waals surface area contributed by atoms with Crippen molar-refractivity contribution in [1.29, 1.82) is 0 Å². The molecule has 0 aliphatic heterocycles. The number of hydrogen-bond donors (Lipinski definition) is 0. The summed E-state index contributed by atoms with van der Waals surface area (Å²) in [5, 5.41) is 2.74.